The number of carbonyl (C=O) groups is 2. The molecule has 0 aliphatic rings. The van der Waals surface area contributed by atoms with Crippen molar-refractivity contribution in [3.63, 3.8) is 0 Å². The minimum Gasteiger partial charge on any atom is -0.480 e. The first-order chi connectivity index (χ1) is 5.54. The fourth-order valence-corrected chi connectivity index (χ4v) is 0.788. The van der Waals surface area contributed by atoms with Crippen LogP contribution in [0.25, 0.3) is 0 Å². The Bertz CT molecular complexity index is 180. The van der Waals surface area contributed by atoms with E-state index in [0.717, 1.165) is 0 Å². The van der Waals surface area contributed by atoms with E-state index >= 15 is 0 Å². The Balaban J connectivity index is 4.30. The fraction of sp³-hybridized carbons (Fsp3) is 0.714. The van der Waals surface area contributed by atoms with Gasteiger partial charge in [0.2, 0.25) is 5.91 Å². The Morgan fingerprint density at radius 3 is 2.17 bits per heavy atom. The van der Waals surface area contributed by atoms with Crippen molar-refractivity contribution < 1.29 is 19.9 Å². The maximum Gasteiger partial charge on any atom is 0.329 e. The van der Waals surface area contributed by atoms with E-state index in [2.05, 4.69) is 0 Å². The molecule has 1 unspecified atom stereocenters. The van der Waals surface area contributed by atoms with Gasteiger partial charge in [0.25, 0.3) is 0 Å². The van der Waals surface area contributed by atoms with Crippen LogP contribution in [0, 0.1) is 0 Å². The molecule has 0 heterocycles. The molecular weight excluding hydrogens is 162 g/mol. The summed E-state index contributed by atoms with van der Waals surface area (Å²) in [6.45, 7) is 3.14. The molecule has 5 nitrogen and oxygen atoms in total. The average Bonchev–Trinajstić information content (AvgIpc) is 2.03. The molecule has 0 saturated carbocycles. The third-order valence-electron chi connectivity index (χ3n) is 1.52. The van der Waals surface area contributed by atoms with Crippen LogP contribution in [0.2, 0.25) is 0 Å². The van der Waals surface area contributed by atoms with E-state index in [1.54, 1.807) is 13.8 Å². The molecule has 0 aliphatic heterocycles. The van der Waals surface area contributed by atoms with Crippen LogP contribution in [0.15, 0.2) is 0 Å². The summed E-state index contributed by atoms with van der Waals surface area (Å²) in [5.74, 6) is -1.77. The number of hydrogen-bond acceptors (Lipinski definition) is 3. The average molecular weight is 175 g/mol. The number of amides is 1. The van der Waals surface area contributed by atoms with Crippen molar-refractivity contribution in [2.24, 2.45) is 0 Å². The van der Waals surface area contributed by atoms with Gasteiger partial charge >= 0.3 is 5.97 Å². The Morgan fingerprint density at radius 2 is 1.92 bits per heavy atom. The first-order valence-corrected chi connectivity index (χ1v) is 3.78. The highest BCUT2D eigenvalue weighted by atomic mass is 16.5. The van der Waals surface area contributed by atoms with Crippen molar-refractivity contribution in [2.75, 3.05) is 0 Å². The van der Waals surface area contributed by atoms with Gasteiger partial charge in [0.05, 0.1) is 0 Å². The Morgan fingerprint density at radius 1 is 1.42 bits per heavy atom. The maximum absolute atomic E-state index is 10.8. The molecule has 0 aromatic rings. The van der Waals surface area contributed by atoms with Crippen molar-refractivity contribution in [3.05, 3.63) is 0 Å². The highest BCUT2D eigenvalue weighted by molar-refractivity contribution is 5.82. The number of carboxylic acids is 1. The topological polar surface area (TPSA) is 77.8 Å². The van der Waals surface area contributed by atoms with E-state index in [1.165, 1.54) is 0 Å². The smallest absolute Gasteiger partial charge is 0.329 e. The summed E-state index contributed by atoms with van der Waals surface area (Å²) in [5, 5.41) is 17.9. The van der Waals surface area contributed by atoms with E-state index < -0.39 is 17.9 Å². The molecule has 5 heteroatoms. The van der Waals surface area contributed by atoms with Crippen LogP contribution in [-0.2, 0) is 9.59 Å². The number of carbonyl (C=O) groups excluding carboxylic acids is 1. The zero-order valence-electron chi connectivity index (χ0n) is 7.15. The Kier molecular flexibility index (Phi) is 4.28. The maximum atomic E-state index is 10.8. The summed E-state index contributed by atoms with van der Waals surface area (Å²) in [7, 11) is 0. The lowest BCUT2D eigenvalue weighted by atomic mass is 10.2. The summed E-state index contributed by atoms with van der Waals surface area (Å²) in [4.78, 5) is 21.3. The molecular formula is C7H13NO4. The monoisotopic (exact) mass is 175 g/mol. The molecule has 1 atom stereocenters. The van der Waals surface area contributed by atoms with E-state index in [9.17, 15) is 9.59 Å². The lowest BCUT2D eigenvalue weighted by Crippen LogP contribution is -2.42. The summed E-state index contributed by atoms with van der Waals surface area (Å²) in [5.41, 5.74) is 0. The highest BCUT2D eigenvalue weighted by Gasteiger charge is 2.25. The second kappa shape index (κ2) is 4.71. The molecule has 0 aromatic heterocycles. The van der Waals surface area contributed by atoms with Gasteiger partial charge in [0.15, 0.2) is 6.04 Å². The molecule has 0 aromatic carbocycles. The molecule has 1 amide bonds. The molecule has 0 radical (unpaired) electrons. The summed E-state index contributed by atoms with van der Waals surface area (Å²) >= 11 is 0. The van der Waals surface area contributed by atoms with Crippen molar-refractivity contribution in [2.45, 2.75) is 32.7 Å². The van der Waals surface area contributed by atoms with Crippen LogP contribution in [0.3, 0.4) is 0 Å². The van der Waals surface area contributed by atoms with Gasteiger partial charge in [0.1, 0.15) is 0 Å². The molecule has 70 valence electrons. The van der Waals surface area contributed by atoms with Crippen molar-refractivity contribution >= 4 is 11.9 Å². The first-order valence-electron chi connectivity index (χ1n) is 3.78. The molecule has 0 spiro atoms. The third kappa shape index (κ3) is 2.50. The molecule has 0 fully saturated rings. The van der Waals surface area contributed by atoms with Gasteiger partial charge in [-0.2, -0.15) is 0 Å². The van der Waals surface area contributed by atoms with Crippen LogP contribution in [0.1, 0.15) is 26.7 Å². The molecule has 2 N–H and O–H groups in total. The fourth-order valence-electron chi connectivity index (χ4n) is 0.788. The summed E-state index contributed by atoms with van der Waals surface area (Å²) in [6.07, 6.45) is 0.290. The standard InChI is InChI=1S/C7H13NO4/c1-3-5(7(10)11)8(12)6(9)4-2/h5,12H,3-4H2,1-2H3,(H,10,11). The van der Waals surface area contributed by atoms with Crippen LogP contribution in [0.4, 0.5) is 0 Å². The Hall–Kier alpha value is -1.10. The van der Waals surface area contributed by atoms with Crippen LogP contribution < -0.4 is 0 Å². The van der Waals surface area contributed by atoms with Gasteiger partial charge in [-0.05, 0) is 6.42 Å². The zero-order chi connectivity index (χ0) is 9.72. The van der Waals surface area contributed by atoms with Gasteiger partial charge < -0.3 is 5.11 Å². The quantitative estimate of drug-likeness (QED) is 0.481. The van der Waals surface area contributed by atoms with Crippen molar-refractivity contribution in [1.82, 2.24) is 5.06 Å². The Labute approximate surface area is 70.6 Å². The second-order valence-corrected chi connectivity index (χ2v) is 2.35. The van der Waals surface area contributed by atoms with Crippen LogP contribution in [0.5, 0.6) is 0 Å². The first kappa shape index (κ1) is 10.9. The minimum absolute atomic E-state index is 0.0975. The number of aliphatic carboxylic acids is 1. The number of nitrogens with zero attached hydrogens (tertiary/aromatic N) is 1. The van der Waals surface area contributed by atoms with E-state index in [0.29, 0.717) is 0 Å². The molecule has 0 saturated heterocycles. The number of rotatable bonds is 4. The van der Waals surface area contributed by atoms with Crippen molar-refractivity contribution in [3.8, 4) is 0 Å². The molecule has 0 aliphatic carbocycles. The SMILES string of the molecule is CCC(=O)N(O)C(CC)C(=O)O. The summed E-state index contributed by atoms with van der Waals surface area (Å²) < 4.78 is 0. The van der Waals surface area contributed by atoms with E-state index in [4.69, 9.17) is 10.3 Å². The van der Waals surface area contributed by atoms with Crippen LogP contribution >= 0.6 is 0 Å². The molecule has 12 heavy (non-hydrogen) atoms. The van der Waals surface area contributed by atoms with Gasteiger partial charge in [-0.1, -0.05) is 13.8 Å². The second-order valence-electron chi connectivity index (χ2n) is 2.35. The molecule has 0 rings (SSSR count). The zero-order valence-corrected chi connectivity index (χ0v) is 7.15. The van der Waals surface area contributed by atoms with Crippen LogP contribution in [-0.4, -0.2) is 33.3 Å². The summed E-state index contributed by atoms with van der Waals surface area (Å²) in [6, 6.07) is -1.13. The van der Waals surface area contributed by atoms with Gasteiger partial charge in [-0.15, -0.1) is 0 Å². The number of carboxylic acid groups (broad SMARTS) is 1. The normalized spacial score (nSPS) is 12.2. The van der Waals surface area contributed by atoms with E-state index in [-0.39, 0.29) is 17.9 Å². The predicted molar refractivity (Wildman–Crippen MR) is 40.6 cm³/mol. The minimum atomic E-state index is -1.19. The van der Waals surface area contributed by atoms with Gasteiger partial charge in [0, 0.05) is 6.42 Å². The predicted octanol–water partition coefficient (Wildman–Crippen LogP) is 0.477. The molecule has 0 bridgehead atoms. The largest absolute Gasteiger partial charge is 0.480 e. The number of hydrogen-bond donors (Lipinski definition) is 2. The lowest BCUT2D eigenvalue weighted by molar-refractivity contribution is -0.185. The van der Waals surface area contributed by atoms with E-state index in [1.807, 2.05) is 0 Å². The third-order valence-corrected chi connectivity index (χ3v) is 1.52. The van der Waals surface area contributed by atoms with Crippen molar-refractivity contribution in [1.29, 1.82) is 0 Å². The highest BCUT2D eigenvalue weighted by Crippen LogP contribution is 2.03. The van der Waals surface area contributed by atoms with Gasteiger partial charge in [-0.3, -0.25) is 10.0 Å². The number of hydroxylamine groups is 2. The van der Waals surface area contributed by atoms with Gasteiger partial charge in [-0.25, -0.2) is 9.86 Å². The lowest BCUT2D eigenvalue weighted by Gasteiger charge is -2.20.